The Hall–Kier alpha value is -1.95. The summed E-state index contributed by atoms with van der Waals surface area (Å²) in [5.74, 6) is -1.34. The lowest BCUT2D eigenvalue weighted by atomic mass is 10.2. The molecule has 0 aliphatic rings. The lowest BCUT2D eigenvalue weighted by molar-refractivity contribution is 0.0689. The van der Waals surface area contributed by atoms with E-state index in [2.05, 4.69) is 29.0 Å². The second kappa shape index (κ2) is 8.27. The van der Waals surface area contributed by atoms with E-state index in [-0.39, 0.29) is 11.6 Å². The van der Waals surface area contributed by atoms with Crippen LogP contribution in [0.2, 0.25) is 0 Å². The number of nitrogens with zero attached hydrogens (tertiary/aromatic N) is 2. The third-order valence-electron chi connectivity index (χ3n) is 2.95. The van der Waals surface area contributed by atoms with Gasteiger partial charge in [-0.25, -0.2) is 9.78 Å². The van der Waals surface area contributed by atoms with Crippen molar-refractivity contribution < 1.29 is 14.7 Å². The Morgan fingerprint density at radius 2 is 2.05 bits per heavy atom. The van der Waals surface area contributed by atoms with Crippen LogP contribution >= 0.6 is 0 Å². The van der Waals surface area contributed by atoms with Gasteiger partial charge in [0.1, 0.15) is 5.69 Å². The highest BCUT2D eigenvalue weighted by Gasteiger charge is 2.09. The number of nitrogens with one attached hydrogen (secondary N) is 1. The van der Waals surface area contributed by atoms with E-state index in [1.807, 2.05) is 0 Å². The Morgan fingerprint density at radius 1 is 1.30 bits per heavy atom. The number of hydrogen-bond acceptors (Lipinski definition) is 4. The van der Waals surface area contributed by atoms with Crippen LogP contribution in [0.25, 0.3) is 0 Å². The Labute approximate surface area is 118 Å². The van der Waals surface area contributed by atoms with E-state index >= 15 is 0 Å². The zero-order valence-electron chi connectivity index (χ0n) is 11.9. The summed E-state index contributed by atoms with van der Waals surface area (Å²) in [6, 6.07) is 2.79. The lowest BCUT2D eigenvalue weighted by Gasteiger charge is -2.19. The molecule has 110 valence electrons. The fourth-order valence-corrected chi connectivity index (χ4v) is 1.83. The summed E-state index contributed by atoms with van der Waals surface area (Å²) in [5.41, 5.74) is 0.301. The van der Waals surface area contributed by atoms with Gasteiger partial charge in [-0.3, -0.25) is 4.79 Å². The van der Waals surface area contributed by atoms with Crippen molar-refractivity contribution in [3.8, 4) is 0 Å². The van der Waals surface area contributed by atoms with Crippen molar-refractivity contribution in [3.05, 3.63) is 29.6 Å². The van der Waals surface area contributed by atoms with E-state index < -0.39 is 5.97 Å². The molecule has 0 unspecified atom stereocenters. The molecule has 0 radical (unpaired) electrons. The molecule has 0 fully saturated rings. The average molecular weight is 279 g/mol. The highest BCUT2D eigenvalue weighted by atomic mass is 16.4. The van der Waals surface area contributed by atoms with E-state index in [0.29, 0.717) is 12.1 Å². The van der Waals surface area contributed by atoms with Crippen LogP contribution in [0.15, 0.2) is 18.3 Å². The van der Waals surface area contributed by atoms with Crippen molar-refractivity contribution in [2.75, 3.05) is 26.2 Å². The third-order valence-corrected chi connectivity index (χ3v) is 2.95. The number of amides is 1. The van der Waals surface area contributed by atoms with Gasteiger partial charge in [0.2, 0.25) is 0 Å². The molecule has 0 saturated carbocycles. The smallest absolute Gasteiger partial charge is 0.354 e. The minimum atomic E-state index is -1.10. The number of aromatic nitrogens is 1. The van der Waals surface area contributed by atoms with Crippen molar-refractivity contribution in [1.29, 1.82) is 0 Å². The van der Waals surface area contributed by atoms with Gasteiger partial charge in [0.15, 0.2) is 0 Å². The molecular weight excluding hydrogens is 258 g/mol. The van der Waals surface area contributed by atoms with Crippen molar-refractivity contribution >= 4 is 11.9 Å². The van der Waals surface area contributed by atoms with Gasteiger partial charge in [0.25, 0.3) is 5.91 Å². The number of hydrogen-bond donors (Lipinski definition) is 2. The number of rotatable bonds is 8. The van der Waals surface area contributed by atoms with Crippen molar-refractivity contribution in [2.45, 2.75) is 20.3 Å². The molecule has 0 atom stereocenters. The molecule has 1 aromatic heterocycles. The van der Waals surface area contributed by atoms with E-state index in [0.717, 1.165) is 26.1 Å². The monoisotopic (exact) mass is 279 g/mol. The van der Waals surface area contributed by atoms with Crippen LogP contribution in [-0.4, -0.2) is 53.0 Å². The summed E-state index contributed by atoms with van der Waals surface area (Å²) in [7, 11) is 0. The molecule has 6 heteroatoms. The van der Waals surface area contributed by atoms with Crippen LogP contribution in [0.1, 0.15) is 41.1 Å². The first-order valence-corrected chi connectivity index (χ1v) is 6.78. The van der Waals surface area contributed by atoms with Crippen LogP contribution in [0.5, 0.6) is 0 Å². The van der Waals surface area contributed by atoms with Gasteiger partial charge < -0.3 is 15.3 Å². The first kappa shape index (κ1) is 16.1. The number of likely N-dealkylation sites (N-methyl/N-ethyl adjacent to an activating group) is 1. The number of carboxylic acid groups (broad SMARTS) is 1. The van der Waals surface area contributed by atoms with Crippen molar-refractivity contribution in [3.63, 3.8) is 0 Å². The van der Waals surface area contributed by atoms with Crippen molar-refractivity contribution in [1.82, 2.24) is 15.2 Å². The third kappa shape index (κ3) is 4.97. The quantitative estimate of drug-likeness (QED) is 0.748. The second-order valence-electron chi connectivity index (χ2n) is 4.43. The summed E-state index contributed by atoms with van der Waals surface area (Å²) >= 11 is 0. The molecule has 2 N–H and O–H groups in total. The van der Waals surface area contributed by atoms with Gasteiger partial charge in [-0.1, -0.05) is 13.8 Å². The Kier molecular flexibility index (Phi) is 6.66. The zero-order chi connectivity index (χ0) is 15.0. The molecule has 0 spiro atoms. The number of carboxylic acids is 1. The Balaban J connectivity index is 2.44. The molecule has 1 rings (SSSR count). The minimum Gasteiger partial charge on any atom is -0.477 e. The second-order valence-corrected chi connectivity index (χ2v) is 4.43. The standard InChI is InChI=1S/C14H21N3O3/c1-3-8-17(4-2)9-7-15-13(18)11-5-6-12(14(19)20)16-10-11/h5-6,10H,3-4,7-9H2,1-2H3,(H,15,18)(H,19,20). The maximum atomic E-state index is 11.8. The van der Waals surface area contributed by atoms with E-state index in [1.165, 1.54) is 18.3 Å². The lowest BCUT2D eigenvalue weighted by Crippen LogP contribution is -2.35. The molecule has 0 aliphatic carbocycles. The Bertz CT molecular complexity index is 445. The summed E-state index contributed by atoms with van der Waals surface area (Å²) < 4.78 is 0. The predicted octanol–water partition coefficient (Wildman–Crippen LogP) is 1.24. The molecule has 6 nitrogen and oxygen atoms in total. The Morgan fingerprint density at radius 3 is 2.55 bits per heavy atom. The number of carbonyl (C=O) groups is 2. The summed E-state index contributed by atoms with van der Waals surface area (Å²) in [4.78, 5) is 28.5. The molecule has 20 heavy (non-hydrogen) atoms. The van der Waals surface area contributed by atoms with E-state index in [1.54, 1.807) is 0 Å². The summed E-state index contributed by atoms with van der Waals surface area (Å²) in [6.07, 6.45) is 2.37. The topological polar surface area (TPSA) is 82.5 Å². The summed E-state index contributed by atoms with van der Waals surface area (Å²) in [5, 5.41) is 11.5. The van der Waals surface area contributed by atoms with Crippen LogP contribution < -0.4 is 5.32 Å². The molecule has 1 aromatic rings. The van der Waals surface area contributed by atoms with Gasteiger partial charge in [-0.15, -0.1) is 0 Å². The first-order chi connectivity index (χ1) is 9.58. The number of aromatic carboxylic acids is 1. The van der Waals surface area contributed by atoms with Gasteiger partial charge in [-0.2, -0.15) is 0 Å². The molecule has 1 amide bonds. The summed E-state index contributed by atoms with van der Waals surface area (Å²) in [6.45, 7) is 7.55. The molecule has 0 bridgehead atoms. The largest absolute Gasteiger partial charge is 0.477 e. The predicted molar refractivity (Wildman–Crippen MR) is 75.9 cm³/mol. The highest BCUT2D eigenvalue weighted by molar-refractivity contribution is 5.94. The molecule has 0 saturated heterocycles. The van der Waals surface area contributed by atoms with Crippen LogP contribution in [0.3, 0.4) is 0 Å². The molecule has 0 aliphatic heterocycles. The van der Waals surface area contributed by atoms with Crippen LogP contribution in [0.4, 0.5) is 0 Å². The maximum absolute atomic E-state index is 11.8. The van der Waals surface area contributed by atoms with Crippen LogP contribution in [0, 0.1) is 0 Å². The van der Waals surface area contributed by atoms with Crippen molar-refractivity contribution in [2.24, 2.45) is 0 Å². The fourth-order valence-electron chi connectivity index (χ4n) is 1.83. The molecule has 0 aromatic carbocycles. The maximum Gasteiger partial charge on any atom is 0.354 e. The molecular formula is C14H21N3O3. The van der Waals surface area contributed by atoms with Gasteiger partial charge in [0.05, 0.1) is 5.56 Å². The van der Waals surface area contributed by atoms with Gasteiger partial charge >= 0.3 is 5.97 Å². The highest BCUT2D eigenvalue weighted by Crippen LogP contribution is 2.00. The van der Waals surface area contributed by atoms with Gasteiger partial charge in [0, 0.05) is 19.3 Å². The minimum absolute atomic E-state index is 0.0679. The van der Waals surface area contributed by atoms with E-state index in [9.17, 15) is 9.59 Å². The zero-order valence-corrected chi connectivity index (χ0v) is 11.9. The fraction of sp³-hybridized carbons (Fsp3) is 0.500. The van der Waals surface area contributed by atoms with Gasteiger partial charge in [-0.05, 0) is 31.6 Å². The first-order valence-electron chi connectivity index (χ1n) is 6.78. The number of pyridine rings is 1. The average Bonchev–Trinajstić information content (AvgIpc) is 2.46. The van der Waals surface area contributed by atoms with E-state index in [4.69, 9.17) is 5.11 Å². The normalized spacial score (nSPS) is 10.6. The van der Waals surface area contributed by atoms with Crippen LogP contribution in [-0.2, 0) is 0 Å². The number of carbonyl (C=O) groups excluding carboxylic acids is 1. The molecule has 1 heterocycles. The SMILES string of the molecule is CCCN(CC)CCNC(=O)c1ccc(C(=O)O)nc1.